The molecule has 0 fully saturated rings. The van der Waals surface area contributed by atoms with Gasteiger partial charge in [-0.3, -0.25) is 4.79 Å². The number of rotatable bonds is 3. The lowest BCUT2D eigenvalue weighted by molar-refractivity contribution is 0.101. The Balaban J connectivity index is 2.07. The van der Waals surface area contributed by atoms with Crippen LogP contribution in [0.1, 0.15) is 28.5 Å². The molecule has 1 aliphatic heterocycles. The molecule has 9 heteroatoms. The zero-order valence-corrected chi connectivity index (χ0v) is 16.0. The molecule has 7 nitrogen and oxygen atoms in total. The topological polar surface area (TPSA) is 104 Å². The number of benzene rings is 1. The summed E-state index contributed by atoms with van der Waals surface area (Å²) in [6.45, 7) is 5.29. The third kappa shape index (κ3) is 3.35. The standard InChI is InChI=1S/C19H17FN4O3S/c1-4-19(2)8-7-14-16(28(26,27)23-19)11-24(3)17(14)18(25)22-13-5-6-15(20)12(9-13)10-21/h4-9,11,23H,1H2,2-3H3,(H,22,25). The minimum atomic E-state index is -3.90. The van der Waals surface area contributed by atoms with E-state index in [0.29, 0.717) is 0 Å². The number of hydrogen-bond acceptors (Lipinski definition) is 4. The lowest BCUT2D eigenvalue weighted by Gasteiger charge is -2.21. The monoisotopic (exact) mass is 400 g/mol. The van der Waals surface area contributed by atoms with Crippen LogP contribution in [0.25, 0.3) is 6.08 Å². The molecule has 0 bridgehead atoms. The second-order valence-corrected chi connectivity index (χ2v) is 8.20. The van der Waals surface area contributed by atoms with Gasteiger partial charge in [0.2, 0.25) is 10.0 Å². The number of carbonyl (C=O) groups excluding carboxylic acids is 1. The van der Waals surface area contributed by atoms with Crippen molar-refractivity contribution < 1.29 is 17.6 Å². The molecule has 1 unspecified atom stereocenters. The fourth-order valence-electron chi connectivity index (χ4n) is 2.90. The number of nitrogens with zero attached hydrogens (tertiary/aromatic N) is 2. The molecule has 1 amide bonds. The van der Waals surface area contributed by atoms with E-state index in [1.165, 1.54) is 29.0 Å². The molecule has 0 spiro atoms. The quantitative estimate of drug-likeness (QED) is 0.773. The number of aryl methyl sites for hydroxylation is 1. The minimum absolute atomic E-state index is 0.0428. The largest absolute Gasteiger partial charge is 0.345 e. The van der Waals surface area contributed by atoms with Gasteiger partial charge in [0.05, 0.1) is 11.1 Å². The number of carbonyl (C=O) groups is 1. The van der Waals surface area contributed by atoms with Gasteiger partial charge in [-0.1, -0.05) is 18.2 Å². The van der Waals surface area contributed by atoms with Crippen molar-refractivity contribution in [3.8, 4) is 6.07 Å². The van der Waals surface area contributed by atoms with E-state index in [1.807, 2.05) is 0 Å². The summed E-state index contributed by atoms with van der Waals surface area (Å²) in [4.78, 5) is 12.8. The van der Waals surface area contributed by atoms with Crippen LogP contribution < -0.4 is 10.0 Å². The van der Waals surface area contributed by atoms with Crippen molar-refractivity contribution >= 4 is 27.7 Å². The summed E-state index contributed by atoms with van der Waals surface area (Å²) < 4.78 is 42.8. The molecule has 0 saturated heterocycles. The number of sulfonamides is 1. The van der Waals surface area contributed by atoms with Crippen LogP contribution in [0.2, 0.25) is 0 Å². The summed E-state index contributed by atoms with van der Waals surface area (Å²) >= 11 is 0. The molecular formula is C19H17FN4O3S. The third-order valence-electron chi connectivity index (χ3n) is 4.41. The SMILES string of the molecule is C=CC1(C)C=Cc2c(cn(C)c2C(=O)Nc2ccc(F)c(C#N)c2)S(=O)(=O)N1. The number of nitriles is 1. The summed E-state index contributed by atoms with van der Waals surface area (Å²) in [6.07, 6.45) is 5.95. The Labute approximate surface area is 161 Å². The maximum Gasteiger partial charge on any atom is 0.272 e. The average molecular weight is 400 g/mol. The first-order chi connectivity index (χ1) is 13.1. The molecule has 28 heavy (non-hydrogen) atoms. The normalized spacial score (nSPS) is 19.9. The zero-order valence-electron chi connectivity index (χ0n) is 15.2. The number of fused-ring (bicyclic) bond motifs is 1. The summed E-state index contributed by atoms with van der Waals surface area (Å²) in [5, 5.41) is 11.5. The lowest BCUT2D eigenvalue weighted by Crippen LogP contribution is -2.41. The molecule has 0 aliphatic carbocycles. The number of aromatic nitrogens is 1. The van der Waals surface area contributed by atoms with Gasteiger partial charge in [-0.15, -0.1) is 6.58 Å². The fraction of sp³-hybridized carbons (Fsp3) is 0.158. The van der Waals surface area contributed by atoms with Gasteiger partial charge in [0, 0.05) is 24.5 Å². The Morgan fingerprint density at radius 1 is 1.46 bits per heavy atom. The predicted octanol–water partition coefficient (Wildman–Crippen LogP) is 2.54. The van der Waals surface area contributed by atoms with Gasteiger partial charge in [0.15, 0.2) is 0 Å². The van der Waals surface area contributed by atoms with Crippen LogP contribution in [-0.4, -0.2) is 24.4 Å². The van der Waals surface area contributed by atoms with Crippen LogP contribution in [0.15, 0.2) is 48.0 Å². The van der Waals surface area contributed by atoms with Gasteiger partial charge in [0.1, 0.15) is 22.5 Å². The Hall–Kier alpha value is -3.22. The van der Waals surface area contributed by atoms with E-state index >= 15 is 0 Å². The number of amides is 1. The molecule has 1 aromatic carbocycles. The average Bonchev–Trinajstić information content (AvgIpc) is 2.94. The van der Waals surface area contributed by atoms with Crippen molar-refractivity contribution in [2.75, 3.05) is 5.32 Å². The second-order valence-electron chi connectivity index (χ2n) is 6.55. The Morgan fingerprint density at radius 3 is 2.82 bits per heavy atom. The number of nitrogens with one attached hydrogen (secondary N) is 2. The molecule has 1 aliphatic rings. The van der Waals surface area contributed by atoms with E-state index in [1.54, 1.807) is 32.2 Å². The van der Waals surface area contributed by atoms with Gasteiger partial charge in [-0.05, 0) is 25.1 Å². The first kappa shape index (κ1) is 19.5. The molecular weight excluding hydrogens is 383 g/mol. The van der Waals surface area contributed by atoms with Crippen LogP contribution in [-0.2, 0) is 17.1 Å². The van der Waals surface area contributed by atoms with Crippen LogP contribution in [0.3, 0.4) is 0 Å². The number of halogens is 1. The Kier molecular flexibility index (Phi) is 4.71. The van der Waals surface area contributed by atoms with Crippen molar-refractivity contribution in [3.05, 3.63) is 65.8 Å². The van der Waals surface area contributed by atoms with E-state index in [4.69, 9.17) is 5.26 Å². The van der Waals surface area contributed by atoms with Crippen LogP contribution >= 0.6 is 0 Å². The zero-order chi connectivity index (χ0) is 20.7. The maximum atomic E-state index is 13.5. The molecule has 2 heterocycles. The van der Waals surface area contributed by atoms with Crippen molar-refractivity contribution in [2.24, 2.45) is 7.05 Å². The smallest absolute Gasteiger partial charge is 0.272 e. The van der Waals surface area contributed by atoms with Crippen molar-refractivity contribution in [1.82, 2.24) is 9.29 Å². The highest BCUT2D eigenvalue weighted by atomic mass is 32.2. The molecule has 0 saturated carbocycles. The first-order valence-electron chi connectivity index (χ1n) is 8.17. The Bertz CT molecular complexity index is 1170. The highest BCUT2D eigenvalue weighted by Crippen LogP contribution is 2.30. The molecule has 0 radical (unpaired) electrons. The first-order valence-corrected chi connectivity index (χ1v) is 9.65. The Morgan fingerprint density at radius 2 is 2.18 bits per heavy atom. The van der Waals surface area contributed by atoms with Crippen molar-refractivity contribution in [3.63, 3.8) is 0 Å². The molecule has 3 rings (SSSR count). The molecule has 144 valence electrons. The van der Waals surface area contributed by atoms with Gasteiger partial charge in [-0.2, -0.15) is 9.98 Å². The van der Waals surface area contributed by atoms with Gasteiger partial charge in [0.25, 0.3) is 5.91 Å². The van der Waals surface area contributed by atoms with Crippen molar-refractivity contribution in [1.29, 1.82) is 5.26 Å². The lowest BCUT2D eigenvalue weighted by atomic mass is 10.0. The highest BCUT2D eigenvalue weighted by Gasteiger charge is 2.34. The maximum absolute atomic E-state index is 13.5. The second kappa shape index (κ2) is 6.74. The minimum Gasteiger partial charge on any atom is -0.345 e. The van der Waals surface area contributed by atoms with Crippen LogP contribution in [0, 0.1) is 17.1 Å². The van der Waals surface area contributed by atoms with E-state index < -0.39 is 27.3 Å². The molecule has 2 aromatic rings. The summed E-state index contributed by atoms with van der Waals surface area (Å²) in [5.41, 5.74) is -0.673. The molecule has 1 atom stereocenters. The van der Waals surface area contributed by atoms with Gasteiger partial charge >= 0.3 is 0 Å². The number of anilines is 1. The van der Waals surface area contributed by atoms with Gasteiger partial charge in [-0.25, -0.2) is 12.8 Å². The summed E-state index contributed by atoms with van der Waals surface area (Å²) in [7, 11) is -2.35. The number of hydrogen-bond donors (Lipinski definition) is 2. The van der Waals surface area contributed by atoms with Crippen LogP contribution in [0.4, 0.5) is 10.1 Å². The van der Waals surface area contributed by atoms with Crippen molar-refractivity contribution in [2.45, 2.75) is 17.4 Å². The summed E-state index contributed by atoms with van der Waals surface area (Å²) in [5.74, 6) is -1.29. The van der Waals surface area contributed by atoms with E-state index in [0.717, 1.165) is 6.07 Å². The highest BCUT2D eigenvalue weighted by molar-refractivity contribution is 7.89. The van der Waals surface area contributed by atoms with E-state index in [-0.39, 0.29) is 27.4 Å². The van der Waals surface area contributed by atoms with Crippen LogP contribution in [0.5, 0.6) is 0 Å². The fourth-order valence-corrected chi connectivity index (χ4v) is 4.49. The molecule has 1 aromatic heterocycles. The molecule has 2 N–H and O–H groups in total. The summed E-state index contributed by atoms with van der Waals surface area (Å²) in [6, 6.07) is 5.30. The predicted molar refractivity (Wildman–Crippen MR) is 102 cm³/mol. The van der Waals surface area contributed by atoms with E-state index in [2.05, 4.69) is 16.6 Å². The van der Waals surface area contributed by atoms with Gasteiger partial charge < -0.3 is 9.88 Å². The third-order valence-corrected chi connectivity index (χ3v) is 6.02. The van der Waals surface area contributed by atoms with E-state index in [9.17, 15) is 17.6 Å².